The van der Waals surface area contributed by atoms with Gasteiger partial charge in [0.2, 0.25) is 0 Å². The van der Waals surface area contributed by atoms with Crippen LogP contribution in [0.2, 0.25) is 0 Å². The molecule has 132 valence electrons. The normalized spacial score (nSPS) is 19.7. The highest BCUT2D eigenvalue weighted by atomic mass is 16.5. The van der Waals surface area contributed by atoms with Gasteiger partial charge in [-0.15, -0.1) is 0 Å². The van der Waals surface area contributed by atoms with E-state index in [2.05, 4.69) is 45.5 Å². The van der Waals surface area contributed by atoms with E-state index in [-0.39, 0.29) is 0 Å². The molecular weight excluding hydrogens is 310 g/mol. The van der Waals surface area contributed by atoms with Crippen molar-refractivity contribution in [3.05, 3.63) is 53.2 Å². The van der Waals surface area contributed by atoms with Crippen LogP contribution < -0.4 is 15.0 Å². The summed E-state index contributed by atoms with van der Waals surface area (Å²) in [7, 11) is 1.74. The molecule has 2 aromatic rings. The van der Waals surface area contributed by atoms with Crippen molar-refractivity contribution in [3.63, 3.8) is 0 Å². The second-order valence-electron chi connectivity index (χ2n) is 7.11. The summed E-state index contributed by atoms with van der Waals surface area (Å²) in [6, 6.07) is 11.3. The number of pyridine rings is 1. The molecule has 0 amide bonds. The number of nitrogens with one attached hydrogen (secondary N) is 1. The number of aryl methyl sites for hydroxylation is 1. The number of fused-ring (bicyclic) bond motifs is 1. The lowest BCUT2D eigenvalue weighted by Gasteiger charge is -2.27. The highest BCUT2D eigenvalue weighted by Gasteiger charge is 2.20. The Balaban J connectivity index is 1.45. The summed E-state index contributed by atoms with van der Waals surface area (Å²) in [5.74, 6) is 2.09. The van der Waals surface area contributed by atoms with Crippen LogP contribution in [0.5, 0.6) is 5.75 Å². The highest BCUT2D eigenvalue weighted by molar-refractivity contribution is 5.42. The maximum atomic E-state index is 5.37. The Hall–Kier alpha value is -2.07. The van der Waals surface area contributed by atoms with E-state index >= 15 is 0 Å². The molecule has 1 N–H and O–H groups in total. The third kappa shape index (κ3) is 3.64. The van der Waals surface area contributed by atoms with Crippen LogP contribution in [0.15, 0.2) is 36.5 Å². The van der Waals surface area contributed by atoms with E-state index in [1.165, 1.54) is 42.4 Å². The fraction of sp³-hybridized carbons (Fsp3) is 0.476. The molecule has 1 aliphatic carbocycles. The smallest absolute Gasteiger partial charge is 0.128 e. The second kappa shape index (κ2) is 7.44. The Labute approximate surface area is 150 Å². The quantitative estimate of drug-likeness (QED) is 0.899. The summed E-state index contributed by atoms with van der Waals surface area (Å²) in [5.41, 5.74) is 4.17. The molecule has 1 atom stereocenters. The molecule has 1 saturated heterocycles. The lowest BCUT2D eigenvalue weighted by molar-refractivity contribution is 0.410. The number of hydrogen-bond donors (Lipinski definition) is 1. The monoisotopic (exact) mass is 337 g/mol. The van der Waals surface area contributed by atoms with Gasteiger partial charge in [0.1, 0.15) is 11.6 Å². The topological polar surface area (TPSA) is 37.4 Å². The zero-order valence-electron chi connectivity index (χ0n) is 15.0. The molecule has 1 aromatic heterocycles. The fourth-order valence-electron chi connectivity index (χ4n) is 4.06. The van der Waals surface area contributed by atoms with E-state index in [0.717, 1.165) is 37.6 Å². The SMILES string of the molecule is COc1ccc2c(c1)CCC[C@H]2NCc1ccnc(N2CCCC2)c1. The number of methoxy groups -OCH3 is 1. The molecule has 0 bridgehead atoms. The van der Waals surface area contributed by atoms with Gasteiger partial charge >= 0.3 is 0 Å². The van der Waals surface area contributed by atoms with Crippen LogP contribution in [-0.4, -0.2) is 25.2 Å². The Bertz CT molecular complexity index is 725. The van der Waals surface area contributed by atoms with Crippen molar-refractivity contribution < 1.29 is 4.74 Å². The van der Waals surface area contributed by atoms with Gasteiger partial charge in [0.15, 0.2) is 0 Å². The Kier molecular flexibility index (Phi) is 4.88. The van der Waals surface area contributed by atoms with Gasteiger partial charge in [-0.25, -0.2) is 4.98 Å². The first-order valence-corrected chi connectivity index (χ1v) is 9.43. The Morgan fingerprint density at radius 1 is 1.16 bits per heavy atom. The fourth-order valence-corrected chi connectivity index (χ4v) is 4.06. The van der Waals surface area contributed by atoms with Crippen LogP contribution in [0.4, 0.5) is 5.82 Å². The van der Waals surface area contributed by atoms with E-state index < -0.39 is 0 Å². The lowest BCUT2D eigenvalue weighted by atomic mass is 9.87. The molecule has 2 aliphatic rings. The number of anilines is 1. The third-order valence-electron chi connectivity index (χ3n) is 5.46. The molecular formula is C21H27N3O. The van der Waals surface area contributed by atoms with Crippen molar-refractivity contribution in [2.24, 2.45) is 0 Å². The van der Waals surface area contributed by atoms with E-state index in [1.54, 1.807) is 7.11 Å². The number of rotatable bonds is 5. The molecule has 4 rings (SSSR count). The molecule has 0 spiro atoms. The summed E-state index contributed by atoms with van der Waals surface area (Å²) in [4.78, 5) is 6.95. The van der Waals surface area contributed by atoms with Gasteiger partial charge in [0.25, 0.3) is 0 Å². The zero-order valence-corrected chi connectivity index (χ0v) is 15.0. The van der Waals surface area contributed by atoms with Gasteiger partial charge in [-0.3, -0.25) is 0 Å². The number of benzene rings is 1. The van der Waals surface area contributed by atoms with E-state index in [4.69, 9.17) is 4.74 Å². The van der Waals surface area contributed by atoms with Crippen molar-refractivity contribution in [1.29, 1.82) is 0 Å². The number of aromatic nitrogens is 1. The Morgan fingerprint density at radius 3 is 2.88 bits per heavy atom. The number of nitrogens with zero attached hydrogens (tertiary/aromatic N) is 2. The largest absolute Gasteiger partial charge is 0.497 e. The van der Waals surface area contributed by atoms with Crippen LogP contribution in [-0.2, 0) is 13.0 Å². The standard InChI is InChI=1S/C21H27N3O/c1-25-18-7-8-19-17(14-18)5-4-6-20(19)23-15-16-9-10-22-21(13-16)24-11-2-3-12-24/h7-10,13-14,20,23H,2-6,11-12,15H2,1H3/t20-/m1/s1. The number of ether oxygens (including phenoxy) is 1. The molecule has 25 heavy (non-hydrogen) atoms. The van der Waals surface area contributed by atoms with Crippen molar-refractivity contribution in [2.45, 2.75) is 44.7 Å². The predicted molar refractivity (Wildman–Crippen MR) is 101 cm³/mol. The van der Waals surface area contributed by atoms with Gasteiger partial charge in [-0.1, -0.05) is 6.07 Å². The molecule has 2 heterocycles. The number of hydrogen-bond acceptors (Lipinski definition) is 4. The molecule has 0 radical (unpaired) electrons. The lowest BCUT2D eigenvalue weighted by Crippen LogP contribution is -2.25. The maximum Gasteiger partial charge on any atom is 0.128 e. The highest BCUT2D eigenvalue weighted by Crippen LogP contribution is 2.32. The molecule has 4 nitrogen and oxygen atoms in total. The molecule has 1 fully saturated rings. The van der Waals surface area contributed by atoms with Gasteiger partial charge in [-0.2, -0.15) is 0 Å². The molecule has 0 saturated carbocycles. The van der Waals surface area contributed by atoms with Crippen molar-refractivity contribution in [2.75, 3.05) is 25.1 Å². The van der Waals surface area contributed by atoms with E-state index in [1.807, 2.05) is 6.20 Å². The van der Waals surface area contributed by atoms with Crippen LogP contribution >= 0.6 is 0 Å². The van der Waals surface area contributed by atoms with Crippen LogP contribution in [0, 0.1) is 0 Å². The Morgan fingerprint density at radius 2 is 2.04 bits per heavy atom. The minimum atomic E-state index is 0.429. The van der Waals surface area contributed by atoms with Crippen molar-refractivity contribution in [1.82, 2.24) is 10.3 Å². The first-order chi connectivity index (χ1) is 12.3. The first kappa shape index (κ1) is 16.4. The second-order valence-corrected chi connectivity index (χ2v) is 7.11. The molecule has 0 unspecified atom stereocenters. The summed E-state index contributed by atoms with van der Waals surface area (Å²) >= 11 is 0. The summed E-state index contributed by atoms with van der Waals surface area (Å²) < 4.78 is 5.37. The van der Waals surface area contributed by atoms with Gasteiger partial charge in [0.05, 0.1) is 7.11 Å². The third-order valence-corrected chi connectivity index (χ3v) is 5.46. The zero-order chi connectivity index (χ0) is 17.1. The van der Waals surface area contributed by atoms with Crippen molar-refractivity contribution >= 4 is 5.82 Å². The molecule has 4 heteroatoms. The summed E-state index contributed by atoms with van der Waals surface area (Å²) in [6.07, 6.45) is 8.10. The minimum absolute atomic E-state index is 0.429. The molecule has 1 aromatic carbocycles. The maximum absolute atomic E-state index is 5.37. The summed E-state index contributed by atoms with van der Waals surface area (Å²) in [6.45, 7) is 3.17. The van der Waals surface area contributed by atoms with Crippen LogP contribution in [0.1, 0.15) is 48.4 Å². The average molecular weight is 337 g/mol. The van der Waals surface area contributed by atoms with Crippen molar-refractivity contribution in [3.8, 4) is 5.75 Å². The molecule has 1 aliphatic heterocycles. The van der Waals surface area contributed by atoms with E-state index in [9.17, 15) is 0 Å². The van der Waals surface area contributed by atoms with Crippen LogP contribution in [0.3, 0.4) is 0 Å². The van der Waals surface area contributed by atoms with Gasteiger partial charge in [-0.05, 0) is 73.1 Å². The van der Waals surface area contributed by atoms with Gasteiger partial charge in [0, 0.05) is 31.9 Å². The van der Waals surface area contributed by atoms with E-state index in [0.29, 0.717) is 6.04 Å². The average Bonchev–Trinajstić information content (AvgIpc) is 3.21. The van der Waals surface area contributed by atoms with Gasteiger partial charge < -0.3 is 15.0 Å². The minimum Gasteiger partial charge on any atom is -0.497 e. The van der Waals surface area contributed by atoms with Crippen LogP contribution in [0.25, 0.3) is 0 Å². The summed E-state index contributed by atoms with van der Waals surface area (Å²) in [5, 5.41) is 3.76. The first-order valence-electron chi connectivity index (χ1n) is 9.43. The predicted octanol–water partition coefficient (Wildman–Crippen LogP) is 3.86.